The van der Waals surface area contributed by atoms with Gasteiger partial charge in [-0.1, -0.05) is 41.4 Å². The Hall–Kier alpha value is -2.64. The number of rotatable bonds is 5. The van der Waals surface area contributed by atoms with Crippen LogP contribution in [0.3, 0.4) is 0 Å². The molecule has 0 aliphatic carbocycles. The third-order valence-electron chi connectivity index (χ3n) is 5.39. The Morgan fingerprint density at radius 2 is 1.80 bits per heavy atom. The zero-order valence-corrected chi connectivity index (χ0v) is 18.1. The molecule has 1 aliphatic rings. The molecule has 1 N–H and O–H groups in total. The van der Waals surface area contributed by atoms with Gasteiger partial charge in [0.1, 0.15) is 17.9 Å². The molecule has 1 fully saturated rings. The van der Waals surface area contributed by atoms with Gasteiger partial charge in [0, 0.05) is 7.05 Å². The van der Waals surface area contributed by atoms with Crippen molar-refractivity contribution in [2.75, 3.05) is 13.6 Å². The number of amides is 4. The first-order valence-corrected chi connectivity index (χ1v) is 9.91. The summed E-state index contributed by atoms with van der Waals surface area (Å²) in [6.07, 6.45) is 0. The summed E-state index contributed by atoms with van der Waals surface area (Å²) in [7, 11) is 1.56. The largest absolute Gasteiger partial charge is 0.337 e. The quantitative estimate of drug-likeness (QED) is 0.695. The Kier molecular flexibility index (Phi) is 6.06. The second-order valence-electron chi connectivity index (χ2n) is 7.31. The van der Waals surface area contributed by atoms with Crippen molar-refractivity contribution in [2.24, 2.45) is 0 Å². The van der Waals surface area contributed by atoms with E-state index in [1.165, 1.54) is 29.2 Å². The highest BCUT2D eigenvalue weighted by molar-refractivity contribution is 6.42. The molecule has 4 amide bonds. The van der Waals surface area contributed by atoms with Crippen LogP contribution in [-0.4, -0.2) is 41.2 Å². The average Bonchev–Trinajstić information content (AvgIpc) is 2.93. The SMILES string of the molecule is CC(c1ccc(F)cc1)N(C)C(=O)CN1C(=O)NC(C)(c2ccc(Cl)c(Cl)c2)C1=O. The van der Waals surface area contributed by atoms with Crippen molar-refractivity contribution >= 4 is 41.0 Å². The molecule has 0 bridgehead atoms. The highest BCUT2D eigenvalue weighted by atomic mass is 35.5. The number of hydrogen-bond acceptors (Lipinski definition) is 3. The number of carbonyl (C=O) groups excluding carboxylic acids is 3. The molecule has 0 spiro atoms. The molecule has 6 nitrogen and oxygen atoms in total. The van der Waals surface area contributed by atoms with Crippen LogP contribution in [0.5, 0.6) is 0 Å². The van der Waals surface area contributed by atoms with Crippen molar-refractivity contribution in [2.45, 2.75) is 25.4 Å². The Morgan fingerprint density at radius 3 is 2.40 bits per heavy atom. The topological polar surface area (TPSA) is 69.7 Å². The van der Waals surface area contributed by atoms with E-state index in [1.807, 2.05) is 0 Å². The smallest absolute Gasteiger partial charge is 0.325 e. The van der Waals surface area contributed by atoms with Gasteiger partial charge in [0.15, 0.2) is 0 Å². The van der Waals surface area contributed by atoms with E-state index in [0.717, 1.165) is 10.5 Å². The molecule has 30 heavy (non-hydrogen) atoms. The molecule has 9 heteroatoms. The van der Waals surface area contributed by atoms with E-state index < -0.39 is 29.9 Å². The van der Waals surface area contributed by atoms with E-state index in [9.17, 15) is 18.8 Å². The van der Waals surface area contributed by atoms with Crippen molar-refractivity contribution in [3.05, 3.63) is 69.5 Å². The Labute approximate surface area is 183 Å². The van der Waals surface area contributed by atoms with Gasteiger partial charge in [-0.3, -0.25) is 14.5 Å². The summed E-state index contributed by atoms with van der Waals surface area (Å²) in [6, 6.07) is 9.38. The van der Waals surface area contributed by atoms with Crippen LogP contribution in [0.25, 0.3) is 0 Å². The molecule has 2 aromatic carbocycles. The summed E-state index contributed by atoms with van der Waals surface area (Å²) < 4.78 is 13.1. The number of carbonyl (C=O) groups is 3. The van der Waals surface area contributed by atoms with Crippen LogP contribution in [0.15, 0.2) is 42.5 Å². The third-order valence-corrected chi connectivity index (χ3v) is 6.13. The molecule has 0 saturated carbocycles. The van der Waals surface area contributed by atoms with Gasteiger partial charge in [-0.15, -0.1) is 0 Å². The number of hydrogen-bond donors (Lipinski definition) is 1. The number of likely N-dealkylation sites (N-methyl/N-ethyl adjacent to an activating group) is 1. The van der Waals surface area contributed by atoms with Crippen LogP contribution in [0, 0.1) is 5.82 Å². The monoisotopic (exact) mass is 451 g/mol. The van der Waals surface area contributed by atoms with E-state index in [4.69, 9.17) is 23.2 Å². The maximum atomic E-state index is 13.1. The molecule has 1 heterocycles. The van der Waals surface area contributed by atoms with E-state index in [1.54, 1.807) is 39.1 Å². The first-order chi connectivity index (χ1) is 14.0. The standard InChI is InChI=1S/C21H20Cl2FN3O3/c1-12(13-4-7-15(24)8-5-13)26(3)18(28)11-27-19(29)21(2,25-20(27)30)14-6-9-16(22)17(23)10-14/h4-10,12H,11H2,1-3H3,(H,25,30). The van der Waals surface area contributed by atoms with Crippen molar-refractivity contribution in [3.63, 3.8) is 0 Å². The van der Waals surface area contributed by atoms with E-state index in [2.05, 4.69) is 5.32 Å². The lowest BCUT2D eigenvalue weighted by molar-refractivity contribution is -0.139. The second kappa shape index (κ2) is 8.24. The summed E-state index contributed by atoms with van der Waals surface area (Å²) >= 11 is 12.0. The Balaban J connectivity index is 1.76. The minimum atomic E-state index is -1.37. The fraction of sp³-hybridized carbons (Fsp3) is 0.286. The van der Waals surface area contributed by atoms with Gasteiger partial charge in [-0.25, -0.2) is 9.18 Å². The number of halogens is 3. The summed E-state index contributed by atoms with van der Waals surface area (Å²) in [5.74, 6) is -1.38. The molecule has 2 unspecified atom stereocenters. The van der Waals surface area contributed by atoms with E-state index >= 15 is 0 Å². The summed E-state index contributed by atoms with van der Waals surface area (Å²) in [6.45, 7) is 2.89. The Morgan fingerprint density at radius 1 is 1.17 bits per heavy atom. The number of urea groups is 1. The van der Waals surface area contributed by atoms with Crippen LogP contribution in [0.4, 0.5) is 9.18 Å². The minimum absolute atomic E-state index is 0.250. The molecule has 2 aromatic rings. The van der Waals surface area contributed by atoms with Gasteiger partial charge in [0.25, 0.3) is 5.91 Å². The van der Waals surface area contributed by atoms with Crippen molar-refractivity contribution < 1.29 is 18.8 Å². The lowest BCUT2D eigenvalue weighted by Crippen LogP contribution is -2.44. The van der Waals surface area contributed by atoms with Crippen LogP contribution >= 0.6 is 23.2 Å². The Bertz CT molecular complexity index is 1020. The summed E-state index contributed by atoms with van der Waals surface area (Å²) in [4.78, 5) is 40.5. The maximum Gasteiger partial charge on any atom is 0.325 e. The van der Waals surface area contributed by atoms with Crippen LogP contribution in [0.1, 0.15) is 31.0 Å². The van der Waals surface area contributed by atoms with Crippen molar-refractivity contribution in [3.8, 4) is 0 Å². The molecule has 1 saturated heterocycles. The number of benzene rings is 2. The van der Waals surface area contributed by atoms with E-state index in [0.29, 0.717) is 10.6 Å². The molecule has 0 aromatic heterocycles. The highest BCUT2D eigenvalue weighted by Crippen LogP contribution is 2.33. The fourth-order valence-electron chi connectivity index (χ4n) is 3.27. The zero-order valence-electron chi connectivity index (χ0n) is 16.6. The van der Waals surface area contributed by atoms with Crippen molar-refractivity contribution in [1.82, 2.24) is 15.1 Å². The first kappa shape index (κ1) is 22.1. The molecule has 2 atom stereocenters. The minimum Gasteiger partial charge on any atom is -0.337 e. The molecule has 3 rings (SSSR count). The molecular formula is C21H20Cl2FN3O3. The molecule has 158 valence electrons. The first-order valence-electron chi connectivity index (χ1n) is 9.15. The average molecular weight is 452 g/mol. The van der Waals surface area contributed by atoms with Gasteiger partial charge in [0.2, 0.25) is 5.91 Å². The number of nitrogens with one attached hydrogen (secondary N) is 1. The summed E-state index contributed by atoms with van der Waals surface area (Å²) in [5.41, 5.74) is -0.185. The fourth-order valence-corrected chi connectivity index (χ4v) is 3.57. The maximum absolute atomic E-state index is 13.1. The van der Waals surface area contributed by atoms with Gasteiger partial charge >= 0.3 is 6.03 Å². The highest BCUT2D eigenvalue weighted by Gasteiger charge is 2.49. The molecule has 0 radical (unpaired) electrons. The number of nitrogens with zero attached hydrogens (tertiary/aromatic N) is 2. The van der Waals surface area contributed by atoms with Crippen LogP contribution in [0.2, 0.25) is 10.0 Å². The second-order valence-corrected chi connectivity index (χ2v) is 8.12. The summed E-state index contributed by atoms with van der Waals surface area (Å²) in [5, 5.41) is 3.20. The van der Waals surface area contributed by atoms with Crippen molar-refractivity contribution in [1.29, 1.82) is 0 Å². The molecular weight excluding hydrogens is 432 g/mol. The van der Waals surface area contributed by atoms with Gasteiger partial charge in [-0.05, 0) is 49.2 Å². The van der Waals surface area contributed by atoms with Gasteiger partial charge in [0.05, 0.1) is 16.1 Å². The predicted octanol–water partition coefficient (Wildman–Crippen LogP) is 4.12. The lowest BCUT2D eigenvalue weighted by Gasteiger charge is -2.27. The number of imide groups is 1. The normalized spacial score (nSPS) is 19.6. The van der Waals surface area contributed by atoms with Gasteiger partial charge < -0.3 is 10.2 Å². The lowest BCUT2D eigenvalue weighted by atomic mass is 9.92. The van der Waals surface area contributed by atoms with Crippen LogP contribution in [-0.2, 0) is 15.1 Å². The zero-order chi connectivity index (χ0) is 22.2. The third kappa shape index (κ3) is 4.00. The predicted molar refractivity (Wildman–Crippen MR) is 112 cm³/mol. The van der Waals surface area contributed by atoms with E-state index in [-0.39, 0.29) is 16.9 Å². The van der Waals surface area contributed by atoms with Gasteiger partial charge in [-0.2, -0.15) is 0 Å². The molecule has 1 aliphatic heterocycles. The van der Waals surface area contributed by atoms with Crippen LogP contribution < -0.4 is 5.32 Å².